The number of aromatic nitrogens is 5. The van der Waals surface area contributed by atoms with Gasteiger partial charge in [-0.3, -0.25) is 4.40 Å². The van der Waals surface area contributed by atoms with Crippen molar-refractivity contribution in [1.82, 2.24) is 24.6 Å². The van der Waals surface area contributed by atoms with E-state index in [-0.39, 0.29) is 5.69 Å². The van der Waals surface area contributed by atoms with Crippen molar-refractivity contribution >= 4 is 34.1 Å². The van der Waals surface area contributed by atoms with E-state index in [1.54, 1.807) is 29.9 Å². The number of fused-ring (bicyclic) bond motifs is 2. The van der Waals surface area contributed by atoms with Crippen LogP contribution in [0.15, 0.2) is 60.9 Å². The van der Waals surface area contributed by atoms with Gasteiger partial charge < -0.3 is 10.6 Å². The van der Waals surface area contributed by atoms with E-state index in [1.165, 1.54) is 6.07 Å². The fraction of sp³-hybridized carbons (Fsp3) is 0.130. The van der Waals surface area contributed by atoms with E-state index in [2.05, 4.69) is 30.8 Å². The number of hydrogen-bond donors (Lipinski definition) is 2. The van der Waals surface area contributed by atoms with Crippen LogP contribution < -0.4 is 10.6 Å². The molecule has 5 rings (SSSR count). The molecule has 7 nitrogen and oxygen atoms in total. The third-order valence-corrected chi connectivity index (χ3v) is 5.33. The topological polar surface area (TPSA) is 80.0 Å². The maximum Gasteiger partial charge on any atom is 0.416 e. The van der Waals surface area contributed by atoms with Crippen LogP contribution in [-0.2, 0) is 6.18 Å². The largest absolute Gasteiger partial charge is 0.416 e. The molecule has 0 saturated heterocycles. The molecule has 2 N–H and O–H groups in total. The molecule has 0 amide bonds. The molecule has 2 aromatic carbocycles. The summed E-state index contributed by atoms with van der Waals surface area (Å²) in [5.41, 5.74) is 3.66. The van der Waals surface area contributed by atoms with Gasteiger partial charge in [-0.05, 0) is 54.4 Å². The number of rotatable bonds is 4. The number of pyridine rings is 1. The van der Waals surface area contributed by atoms with Crippen LogP contribution in [0, 0.1) is 6.92 Å². The summed E-state index contributed by atoms with van der Waals surface area (Å²) in [5, 5.41) is 15.2. The number of aryl methyl sites for hydroxylation is 1. The lowest BCUT2D eigenvalue weighted by Gasteiger charge is -2.11. The molecule has 5 aromatic rings. The third-order valence-electron chi connectivity index (χ3n) is 5.33. The van der Waals surface area contributed by atoms with Gasteiger partial charge in [0.05, 0.1) is 11.1 Å². The number of alkyl halides is 3. The fourth-order valence-electron chi connectivity index (χ4n) is 3.70. The quantitative estimate of drug-likeness (QED) is 0.380. The van der Waals surface area contributed by atoms with Crippen LogP contribution >= 0.6 is 0 Å². The standard InChI is InChI=1S/C23H18F3N7/c1-13-8-9-33-20(19(13)14-6-7-18-15(10-14)12-28-21(27-2)30-18)31-32-22(33)29-17-5-3-4-16(11-17)23(24,25)26/h3-12H,1-2H3,(H,29,32)(H,27,28,30). The maximum absolute atomic E-state index is 13.1. The van der Waals surface area contributed by atoms with Gasteiger partial charge in [0.25, 0.3) is 0 Å². The average molecular weight is 449 g/mol. The SMILES string of the molecule is CNc1ncc2cc(-c3c(C)ccn4c(Nc5cccc(C(F)(F)F)c5)nnc34)ccc2n1. The zero-order chi connectivity index (χ0) is 23.2. The molecule has 3 heterocycles. The maximum atomic E-state index is 13.1. The first-order valence-corrected chi connectivity index (χ1v) is 10.1. The lowest BCUT2D eigenvalue weighted by atomic mass is 10.0. The van der Waals surface area contributed by atoms with E-state index in [0.717, 1.165) is 39.7 Å². The molecule has 0 unspecified atom stereocenters. The molecule has 3 aromatic heterocycles. The summed E-state index contributed by atoms with van der Waals surface area (Å²) >= 11 is 0. The third kappa shape index (κ3) is 3.79. The predicted octanol–water partition coefficient (Wildman–Crippen LogP) is 5.45. The van der Waals surface area contributed by atoms with Gasteiger partial charge in [0.1, 0.15) is 0 Å². The minimum atomic E-state index is -4.43. The Balaban J connectivity index is 1.57. The second-order valence-electron chi connectivity index (χ2n) is 7.51. The highest BCUT2D eigenvalue weighted by Crippen LogP contribution is 2.33. The van der Waals surface area contributed by atoms with Crippen molar-refractivity contribution in [3.63, 3.8) is 0 Å². The Hall–Kier alpha value is -4.21. The zero-order valence-electron chi connectivity index (χ0n) is 17.6. The molecule has 0 fully saturated rings. The van der Waals surface area contributed by atoms with Crippen molar-refractivity contribution in [2.45, 2.75) is 13.1 Å². The predicted molar refractivity (Wildman–Crippen MR) is 121 cm³/mol. The zero-order valence-corrected chi connectivity index (χ0v) is 17.6. The number of nitrogens with one attached hydrogen (secondary N) is 2. The first-order chi connectivity index (χ1) is 15.8. The monoisotopic (exact) mass is 449 g/mol. The molecule has 33 heavy (non-hydrogen) atoms. The van der Waals surface area contributed by atoms with Crippen LogP contribution in [0.5, 0.6) is 0 Å². The molecule has 0 atom stereocenters. The van der Waals surface area contributed by atoms with Crippen molar-refractivity contribution in [2.75, 3.05) is 17.7 Å². The second-order valence-corrected chi connectivity index (χ2v) is 7.51. The highest BCUT2D eigenvalue weighted by atomic mass is 19.4. The van der Waals surface area contributed by atoms with Crippen molar-refractivity contribution in [3.05, 3.63) is 72.1 Å². The van der Waals surface area contributed by atoms with Crippen molar-refractivity contribution in [1.29, 1.82) is 0 Å². The van der Waals surface area contributed by atoms with Gasteiger partial charge in [-0.1, -0.05) is 12.1 Å². The number of nitrogens with zero attached hydrogens (tertiary/aromatic N) is 5. The Labute approximate surface area is 186 Å². The minimum absolute atomic E-state index is 0.268. The lowest BCUT2D eigenvalue weighted by Crippen LogP contribution is -2.05. The minimum Gasteiger partial charge on any atom is -0.357 e. The van der Waals surface area contributed by atoms with Crippen LogP contribution in [0.1, 0.15) is 11.1 Å². The molecule has 10 heteroatoms. The van der Waals surface area contributed by atoms with E-state index in [0.29, 0.717) is 17.5 Å². The molecule has 166 valence electrons. The van der Waals surface area contributed by atoms with Crippen molar-refractivity contribution in [2.24, 2.45) is 0 Å². The van der Waals surface area contributed by atoms with Crippen molar-refractivity contribution in [3.8, 4) is 11.1 Å². The van der Waals surface area contributed by atoms with Gasteiger partial charge in [0.2, 0.25) is 11.9 Å². The van der Waals surface area contributed by atoms with Gasteiger partial charge in [-0.2, -0.15) is 13.2 Å². The molecule has 0 radical (unpaired) electrons. The van der Waals surface area contributed by atoms with E-state index in [9.17, 15) is 13.2 Å². The molecule has 0 aliphatic carbocycles. The highest BCUT2D eigenvalue weighted by molar-refractivity contribution is 5.89. The van der Waals surface area contributed by atoms with Crippen LogP contribution in [0.3, 0.4) is 0 Å². The van der Waals surface area contributed by atoms with Gasteiger partial charge in [-0.25, -0.2) is 9.97 Å². The van der Waals surface area contributed by atoms with Crippen LogP contribution in [-0.4, -0.2) is 31.6 Å². The van der Waals surface area contributed by atoms with E-state index in [4.69, 9.17) is 0 Å². The molecule has 0 aliphatic rings. The van der Waals surface area contributed by atoms with Gasteiger partial charge in [0, 0.05) is 36.1 Å². The molecule has 0 bridgehead atoms. The molecule has 0 spiro atoms. The first-order valence-electron chi connectivity index (χ1n) is 10.1. The Kier molecular flexibility index (Phi) is 4.85. The van der Waals surface area contributed by atoms with Gasteiger partial charge >= 0.3 is 6.18 Å². The Morgan fingerprint density at radius 3 is 2.64 bits per heavy atom. The van der Waals surface area contributed by atoms with Crippen molar-refractivity contribution < 1.29 is 13.2 Å². The van der Waals surface area contributed by atoms with Crippen LogP contribution in [0.25, 0.3) is 27.7 Å². The van der Waals surface area contributed by atoms with E-state index in [1.807, 2.05) is 31.2 Å². The number of anilines is 3. The van der Waals surface area contributed by atoms with Crippen LogP contribution in [0.4, 0.5) is 30.8 Å². The summed E-state index contributed by atoms with van der Waals surface area (Å²) in [6.45, 7) is 1.97. The summed E-state index contributed by atoms with van der Waals surface area (Å²) < 4.78 is 40.9. The highest BCUT2D eigenvalue weighted by Gasteiger charge is 2.30. The normalized spacial score (nSPS) is 11.8. The van der Waals surface area contributed by atoms with E-state index < -0.39 is 11.7 Å². The smallest absolute Gasteiger partial charge is 0.357 e. The lowest BCUT2D eigenvalue weighted by molar-refractivity contribution is -0.137. The second kappa shape index (κ2) is 7.73. The Bertz CT molecular complexity index is 1490. The summed E-state index contributed by atoms with van der Waals surface area (Å²) in [5.74, 6) is 0.852. The number of halogens is 3. The molecule has 0 saturated carbocycles. The van der Waals surface area contributed by atoms with Gasteiger partial charge in [0.15, 0.2) is 5.65 Å². The Morgan fingerprint density at radius 1 is 1.00 bits per heavy atom. The number of hydrogen-bond acceptors (Lipinski definition) is 6. The average Bonchev–Trinajstić information content (AvgIpc) is 3.20. The molecular formula is C23H18F3N7. The van der Waals surface area contributed by atoms with Gasteiger partial charge in [-0.15, -0.1) is 10.2 Å². The summed E-state index contributed by atoms with van der Waals surface area (Å²) in [7, 11) is 1.76. The molecular weight excluding hydrogens is 431 g/mol. The number of benzene rings is 2. The first kappa shape index (κ1) is 20.7. The fourth-order valence-corrected chi connectivity index (χ4v) is 3.70. The Morgan fingerprint density at radius 2 is 1.85 bits per heavy atom. The van der Waals surface area contributed by atoms with E-state index >= 15 is 0 Å². The summed E-state index contributed by atoms with van der Waals surface area (Å²) in [6, 6.07) is 12.7. The summed E-state index contributed by atoms with van der Waals surface area (Å²) in [6.07, 6.45) is -0.895. The molecule has 0 aliphatic heterocycles. The van der Waals surface area contributed by atoms with Crippen LogP contribution in [0.2, 0.25) is 0 Å². The summed E-state index contributed by atoms with van der Waals surface area (Å²) in [4.78, 5) is 8.72.